The van der Waals surface area contributed by atoms with E-state index in [9.17, 15) is 0 Å². The minimum absolute atomic E-state index is 0.515. The Balaban J connectivity index is 2.27. The zero-order chi connectivity index (χ0) is 11.1. The van der Waals surface area contributed by atoms with Gasteiger partial charge in [-0.2, -0.15) is 0 Å². The maximum Gasteiger partial charge on any atom is 0.00501 e. The predicted molar refractivity (Wildman–Crippen MR) is 67.0 cm³/mol. The molecule has 1 aliphatic carbocycles. The zero-order valence-corrected chi connectivity index (χ0v) is 10.6. The van der Waals surface area contributed by atoms with Crippen molar-refractivity contribution in [2.75, 3.05) is 26.2 Å². The lowest BCUT2D eigenvalue weighted by atomic mass is 10.1. The van der Waals surface area contributed by atoms with Gasteiger partial charge in [0.15, 0.2) is 0 Å². The third kappa shape index (κ3) is 4.52. The molecule has 0 radical (unpaired) electrons. The highest BCUT2D eigenvalue weighted by Gasteiger charge is 2.42. The lowest BCUT2D eigenvalue weighted by Crippen LogP contribution is -2.35. The van der Waals surface area contributed by atoms with E-state index in [1.807, 2.05) is 0 Å². The van der Waals surface area contributed by atoms with Crippen molar-refractivity contribution in [3.05, 3.63) is 0 Å². The maximum absolute atomic E-state index is 5.85. The molecule has 0 aliphatic heterocycles. The largest absolute Gasteiger partial charge is 0.330 e. The summed E-state index contributed by atoms with van der Waals surface area (Å²) in [5, 5.41) is 0. The van der Waals surface area contributed by atoms with E-state index in [1.165, 1.54) is 58.2 Å². The highest BCUT2D eigenvalue weighted by Crippen LogP contribution is 2.45. The number of hydrogen-bond donors (Lipinski definition) is 1. The molecule has 0 amide bonds. The molecule has 1 aliphatic rings. The first-order valence-corrected chi connectivity index (χ1v) is 6.69. The molecule has 2 N–H and O–H groups in total. The zero-order valence-electron chi connectivity index (χ0n) is 10.6. The third-order valence-electron chi connectivity index (χ3n) is 3.60. The summed E-state index contributed by atoms with van der Waals surface area (Å²) in [4.78, 5) is 2.65. The Labute approximate surface area is 95.2 Å². The van der Waals surface area contributed by atoms with Gasteiger partial charge in [0.2, 0.25) is 0 Å². The number of unbranched alkanes of at least 4 members (excludes halogenated alkanes) is 2. The van der Waals surface area contributed by atoms with Crippen molar-refractivity contribution in [2.24, 2.45) is 11.1 Å². The molecule has 0 aromatic heterocycles. The molecule has 0 bridgehead atoms. The Hall–Kier alpha value is -0.0800. The lowest BCUT2D eigenvalue weighted by Gasteiger charge is -2.26. The molecule has 0 aromatic carbocycles. The van der Waals surface area contributed by atoms with Gasteiger partial charge in [-0.05, 0) is 50.7 Å². The fourth-order valence-electron chi connectivity index (χ4n) is 2.11. The van der Waals surface area contributed by atoms with Crippen LogP contribution >= 0.6 is 0 Å². The maximum atomic E-state index is 5.85. The van der Waals surface area contributed by atoms with E-state index in [0.29, 0.717) is 5.41 Å². The molecule has 2 heteroatoms. The van der Waals surface area contributed by atoms with E-state index in [1.54, 1.807) is 0 Å². The molecule has 2 nitrogen and oxygen atoms in total. The first-order chi connectivity index (χ1) is 7.26. The summed E-state index contributed by atoms with van der Waals surface area (Å²) >= 11 is 0. The summed E-state index contributed by atoms with van der Waals surface area (Å²) in [5.74, 6) is 0. The van der Waals surface area contributed by atoms with Gasteiger partial charge in [-0.3, -0.25) is 0 Å². The van der Waals surface area contributed by atoms with Crippen LogP contribution in [0.1, 0.15) is 52.4 Å². The van der Waals surface area contributed by atoms with E-state index in [2.05, 4.69) is 18.7 Å². The summed E-state index contributed by atoms with van der Waals surface area (Å²) in [6.07, 6.45) is 8.00. The van der Waals surface area contributed by atoms with Gasteiger partial charge in [-0.15, -0.1) is 0 Å². The minimum atomic E-state index is 0.515. The highest BCUT2D eigenvalue weighted by atomic mass is 15.1. The van der Waals surface area contributed by atoms with Gasteiger partial charge >= 0.3 is 0 Å². The van der Waals surface area contributed by atoms with Crippen LogP contribution in [-0.2, 0) is 0 Å². The third-order valence-corrected chi connectivity index (χ3v) is 3.60. The van der Waals surface area contributed by atoms with Crippen molar-refractivity contribution in [3.8, 4) is 0 Å². The SMILES string of the molecule is CCCCN(CCCC)CC1(CN)CC1. The van der Waals surface area contributed by atoms with E-state index in [-0.39, 0.29) is 0 Å². The van der Waals surface area contributed by atoms with Crippen LogP contribution < -0.4 is 5.73 Å². The second-order valence-corrected chi connectivity index (χ2v) is 5.19. The lowest BCUT2D eigenvalue weighted by molar-refractivity contribution is 0.216. The Kier molecular flexibility index (Phi) is 5.62. The number of hydrogen-bond acceptors (Lipinski definition) is 2. The quantitative estimate of drug-likeness (QED) is 0.636. The molecule has 90 valence electrons. The first kappa shape index (κ1) is 13.0. The first-order valence-electron chi connectivity index (χ1n) is 6.69. The number of nitrogens with zero attached hydrogens (tertiary/aromatic N) is 1. The molecular weight excluding hydrogens is 184 g/mol. The highest BCUT2D eigenvalue weighted by molar-refractivity contribution is 4.96. The fraction of sp³-hybridized carbons (Fsp3) is 1.00. The molecule has 0 atom stereocenters. The van der Waals surface area contributed by atoms with Crippen LogP contribution in [0.5, 0.6) is 0 Å². The van der Waals surface area contributed by atoms with E-state index >= 15 is 0 Å². The van der Waals surface area contributed by atoms with Gasteiger partial charge in [-0.1, -0.05) is 26.7 Å². The molecule has 0 unspecified atom stereocenters. The van der Waals surface area contributed by atoms with Crippen molar-refractivity contribution in [1.29, 1.82) is 0 Å². The second-order valence-electron chi connectivity index (χ2n) is 5.19. The van der Waals surface area contributed by atoms with Crippen LogP contribution in [0.4, 0.5) is 0 Å². The fourth-order valence-corrected chi connectivity index (χ4v) is 2.11. The summed E-state index contributed by atoms with van der Waals surface area (Å²) in [5.41, 5.74) is 6.36. The van der Waals surface area contributed by atoms with Crippen LogP contribution in [0, 0.1) is 5.41 Å². The Morgan fingerprint density at radius 3 is 1.93 bits per heavy atom. The van der Waals surface area contributed by atoms with Crippen molar-refractivity contribution in [2.45, 2.75) is 52.4 Å². The molecule has 15 heavy (non-hydrogen) atoms. The molecule has 1 rings (SSSR count). The van der Waals surface area contributed by atoms with Crippen molar-refractivity contribution in [3.63, 3.8) is 0 Å². The number of rotatable bonds is 9. The average Bonchev–Trinajstić information content (AvgIpc) is 3.03. The Bertz CT molecular complexity index is 156. The molecule has 0 saturated heterocycles. The van der Waals surface area contributed by atoms with Gasteiger partial charge in [0, 0.05) is 6.54 Å². The molecule has 0 aromatic rings. The van der Waals surface area contributed by atoms with Gasteiger partial charge in [0.25, 0.3) is 0 Å². The van der Waals surface area contributed by atoms with Crippen molar-refractivity contribution < 1.29 is 0 Å². The standard InChI is InChI=1S/C13H28N2/c1-3-5-9-15(10-6-4-2)12-13(11-14)7-8-13/h3-12,14H2,1-2H3. The molecule has 1 fully saturated rings. The second kappa shape index (κ2) is 6.49. The van der Waals surface area contributed by atoms with E-state index in [4.69, 9.17) is 5.73 Å². The summed E-state index contributed by atoms with van der Waals surface area (Å²) < 4.78 is 0. The average molecular weight is 212 g/mol. The van der Waals surface area contributed by atoms with Gasteiger partial charge in [0.05, 0.1) is 0 Å². The molecular formula is C13H28N2. The predicted octanol–water partition coefficient (Wildman–Crippen LogP) is 2.63. The van der Waals surface area contributed by atoms with Crippen LogP contribution in [0.25, 0.3) is 0 Å². The minimum Gasteiger partial charge on any atom is -0.330 e. The van der Waals surface area contributed by atoms with Crippen LogP contribution in [-0.4, -0.2) is 31.1 Å². The van der Waals surface area contributed by atoms with E-state index in [0.717, 1.165) is 6.54 Å². The van der Waals surface area contributed by atoms with Gasteiger partial charge in [-0.25, -0.2) is 0 Å². The Morgan fingerprint density at radius 2 is 1.60 bits per heavy atom. The summed E-state index contributed by atoms with van der Waals surface area (Å²) in [7, 11) is 0. The summed E-state index contributed by atoms with van der Waals surface area (Å²) in [6.45, 7) is 9.24. The summed E-state index contributed by atoms with van der Waals surface area (Å²) in [6, 6.07) is 0. The smallest absolute Gasteiger partial charge is 0.00501 e. The normalized spacial score (nSPS) is 18.4. The van der Waals surface area contributed by atoms with Crippen molar-refractivity contribution in [1.82, 2.24) is 4.90 Å². The molecule has 0 heterocycles. The number of nitrogens with two attached hydrogens (primary N) is 1. The van der Waals surface area contributed by atoms with Gasteiger partial charge in [0.1, 0.15) is 0 Å². The van der Waals surface area contributed by atoms with Crippen molar-refractivity contribution >= 4 is 0 Å². The Morgan fingerprint density at radius 1 is 1.07 bits per heavy atom. The van der Waals surface area contributed by atoms with Crippen LogP contribution in [0.3, 0.4) is 0 Å². The monoisotopic (exact) mass is 212 g/mol. The topological polar surface area (TPSA) is 29.3 Å². The van der Waals surface area contributed by atoms with Gasteiger partial charge < -0.3 is 10.6 Å². The molecule has 1 saturated carbocycles. The van der Waals surface area contributed by atoms with Crippen LogP contribution in [0.15, 0.2) is 0 Å². The van der Waals surface area contributed by atoms with Crippen LogP contribution in [0.2, 0.25) is 0 Å². The van der Waals surface area contributed by atoms with E-state index < -0.39 is 0 Å². The molecule has 0 spiro atoms.